The van der Waals surface area contributed by atoms with E-state index in [0.717, 1.165) is 23.9 Å². The van der Waals surface area contributed by atoms with Crippen LogP contribution in [0.25, 0.3) is 28.1 Å². The lowest BCUT2D eigenvalue weighted by Crippen LogP contribution is -2.24. The molecule has 4 heterocycles. The van der Waals surface area contributed by atoms with Crippen molar-refractivity contribution >= 4 is 16.6 Å². The maximum absolute atomic E-state index is 13.4. The summed E-state index contributed by atoms with van der Waals surface area (Å²) in [5.74, 6) is 0.698. The summed E-state index contributed by atoms with van der Waals surface area (Å²) < 4.78 is 20.2. The van der Waals surface area contributed by atoms with Crippen LogP contribution in [0.15, 0.2) is 39.9 Å². The summed E-state index contributed by atoms with van der Waals surface area (Å²) in [5, 5.41) is 4.10. The van der Waals surface area contributed by atoms with Gasteiger partial charge in [0.25, 0.3) is 11.4 Å². The molecule has 0 amide bonds. The summed E-state index contributed by atoms with van der Waals surface area (Å²) in [6, 6.07) is 7.69. The standard InChI is InChI=1S/C21H23N5O4/c1-21(2)9-8-15(29-21)18-23-19(30-24-18)16-17-20(27)25(10-11-28-3)13-6-4-5-7-14(13)26(17)12-22-16/h4-7,12,15H,8-11H2,1-3H3. The molecule has 9 heteroatoms. The highest BCUT2D eigenvalue weighted by atomic mass is 16.5. The number of methoxy groups -OCH3 is 1. The quantitative estimate of drug-likeness (QED) is 0.500. The number of benzene rings is 1. The van der Waals surface area contributed by atoms with Crippen molar-refractivity contribution in [3.8, 4) is 11.6 Å². The van der Waals surface area contributed by atoms with E-state index in [9.17, 15) is 4.79 Å². The minimum Gasteiger partial charge on any atom is -0.383 e. The molecule has 1 aromatic carbocycles. The van der Waals surface area contributed by atoms with Gasteiger partial charge < -0.3 is 18.6 Å². The fourth-order valence-corrected chi connectivity index (χ4v) is 4.06. The lowest BCUT2D eigenvalue weighted by atomic mass is 10.1. The van der Waals surface area contributed by atoms with Crippen molar-refractivity contribution in [2.75, 3.05) is 13.7 Å². The van der Waals surface area contributed by atoms with Gasteiger partial charge in [0, 0.05) is 13.7 Å². The smallest absolute Gasteiger partial charge is 0.279 e. The zero-order valence-corrected chi connectivity index (χ0v) is 17.2. The van der Waals surface area contributed by atoms with E-state index in [1.807, 2.05) is 38.1 Å². The van der Waals surface area contributed by atoms with Crippen molar-refractivity contribution in [1.82, 2.24) is 24.1 Å². The van der Waals surface area contributed by atoms with Crippen LogP contribution in [0.5, 0.6) is 0 Å². The van der Waals surface area contributed by atoms with Crippen molar-refractivity contribution in [2.45, 2.75) is 44.9 Å². The first kappa shape index (κ1) is 19.0. The molecule has 1 fully saturated rings. The monoisotopic (exact) mass is 409 g/mol. The normalized spacial score (nSPS) is 18.6. The zero-order valence-electron chi connectivity index (χ0n) is 17.2. The molecule has 1 aliphatic rings. The molecule has 1 atom stereocenters. The Hall–Kier alpha value is -3.04. The van der Waals surface area contributed by atoms with Gasteiger partial charge in [0.05, 0.1) is 23.2 Å². The van der Waals surface area contributed by atoms with E-state index in [1.165, 1.54) is 0 Å². The van der Waals surface area contributed by atoms with E-state index < -0.39 is 0 Å². The first-order chi connectivity index (χ1) is 14.5. The Morgan fingerprint density at radius 3 is 2.80 bits per heavy atom. The van der Waals surface area contributed by atoms with E-state index in [0.29, 0.717) is 30.2 Å². The number of ether oxygens (including phenoxy) is 2. The maximum Gasteiger partial charge on any atom is 0.279 e. The van der Waals surface area contributed by atoms with Gasteiger partial charge in [-0.1, -0.05) is 17.3 Å². The van der Waals surface area contributed by atoms with Crippen LogP contribution in [0.3, 0.4) is 0 Å². The van der Waals surface area contributed by atoms with Crippen molar-refractivity contribution in [2.24, 2.45) is 0 Å². The Bertz CT molecular complexity index is 1290. The lowest BCUT2D eigenvalue weighted by Gasteiger charge is -2.17. The van der Waals surface area contributed by atoms with E-state index >= 15 is 0 Å². The Balaban J connectivity index is 1.65. The third-order valence-corrected chi connectivity index (χ3v) is 5.57. The fraction of sp³-hybridized carbons (Fsp3) is 0.429. The number of imidazole rings is 1. The largest absolute Gasteiger partial charge is 0.383 e. The summed E-state index contributed by atoms with van der Waals surface area (Å²) in [5.41, 5.74) is 2.05. The summed E-state index contributed by atoms with van der Waals surface area (Å²) in [6.45, 7) is 4.94. The summed E-state index contributed by atoms with van der Waals surface area (Å²) in [7, 11) is 1.61. The fourth-order valence-electron chi connectivity index (χ4n) is 4.06. The molecular weight excluding hydrogens is 386 g/mol. The average Bonchev–Trinajstić information content (AvgIpc) is 3.45. The Morgan fingerprint density at radius 1 is 1.27 bits per heavy atom. The summed E-state index contributed by atoms with van der Waals surface area (Å²) >= 11 is 0. The average molecular weight is 409 g/mol. The van der Waals surface area contributed by atoms with Crippen LogP contribution < -0.4 is 5.56 Å². The first-order valence-corrected chi connectivity index (χ1v) is 9.98. The van der Waals surface area contributed by atoms with Gasteiger partial charge in [-0.3, -0.25) is 9.20 Å². The second-order valence-corrected chi connectivity index (χ2v) is 8.11. The molecule has 9 nitrogen and oxygen atoms in total. The van der Waals surface area contributed by atoms with E-state index in [-0.39, 0.29) is 23.2 Å². The number of fused-ring (bicyclic) bond motifs is 3. The molecule has 0 aliphatic carbocycles. The number of hydrogen-bond acceptors (Lipinski definition) is 7. The Labute approximate surface area is 172 Å². The minimum atomic E-state index is -0.217. The van der Waals surface area contributed by atoms with E-state index in [1.54, 1.807) is 22.4 Å². The van der Waals surface area contributed by atoms with E-state index in [2.05, 4.69) is 15.1 Å². The van der Waals surface area contributed by atoms with Gasteiger partial charge in [-0.25, -0.2) is 4.98 Å². The highest BCUT2D eigenvalue weighted by Crippen LogP contribution is 2.38. The van der Waals surface area contributed by atoms with Crippen LogP contribution in [-0.2, 0) is 16.0 Å². The topological polar surface area (TPSA) is 96.7 Å². The third-order valence-electron chi connectivity index (χ3n) is 5.57. The van der Waals surface area contributed by atoms with Crippen molar-refractivity contribution in [1.29, 1.82) is 0 Å². The lowest BCUT2D eigenvalue weighted by molar-refractivity contribution is -0.0207. The second-order valence-electron chi connectivity index (χ2n) is 8.11. The molecule has 5 rings (SSSR count). The zero-order chi connectivity index (χ0) is 20.9. The predicted molar refractivity (Wildman–Crippen MR) is 109 cm³/mol. The van der Waals surface area contributed by atoms with Gasteiger partial charge in [0.1, 0.15) is 17.9 Å². The van der Waals surface area contributed by atoms with Crippen LogP contribution in [0, 0.1) is 0 Å². The van der Waals surface area contributed by atoms with Crippen LogP contribution in [0.2, 0.25) is 0 Å². The highest BCUT2D eigenvalue weighted by molar-refractivity contribution is 5.83. The number of hydrogen-bond donors (Lipinski definition) is 0. The molecule has 0 spiro atoms. The number of para-hydroxylation sites is 2. The van der Waals surface area contributed by atoms with Crippen molar-refractivity contribution < 1.29 is 14.0 Å². The van der Waals surface area contributed by atoms with Crippen LogP contribution in [-0.4, -0.2) is 43.4 Å². The highest BCUT2D eigenvalue weighted by Gasteiger charge is 2.35. The van der Waals surface area contributed by atoms with E-state index in [4.69, 9.17) is 14.0 Å². The van der Waals surface area contributed by atoms with Gasteiger partial charge in [-0.15, -0.1) is 0 Å². The maximum atomic E-state index is 13.4. The Morgan fingerprint density at radius 2 is 2.07 bits per heavy atom. The molecule has 1 saturated heterocycles. The van der Waals surface area contributed by atoms with Crippen LogP contribution in [0.4, 0.5) is 0 Å². The number of rotatable bonds is 5. The molecule has 4 aromatic rings. The molecule has 1 aliphatic heterocycles. The number of nitrogens with zero attached hydrogens (tertiary/aromatic N) is 5. The molecule has 0 bridgehead atoms. The molecule has 3 aromatic heterocycles. The predicted octanol–water partition coefficient (Wildman–Crippen LogP) is 2.98. The molecule has 1 unspecified atom stereocenters. The molecular formula is C21H23N5O4. The number of aromatic nitrogens is 5. The molecule has 30 heavy (non-hydrogen) atoms. The van der Waals surface area contributed by atoms with Gasteiger partial charge >= 0.3 is 0 Å². The molecule has 0 saturated carbocycles. The first-order valence-electron chi connectivity index (χ1n) is 9.98. The van der Waals surface area contributed by atoms with Gasteiger partial charge in [0.2, 0.25) is 5.82 Å². The second kappa shape index (κ2) is 7.03. The Kier molecular flexibility index (Phi) is 4.44. The van der Waals surface area contributed by atoms with Crippen LogP contribution in [0.1, 0.15) is 38.6 Å². The molecule has 0 radical (unpaired) electrons. The van der Waals surface area contributed by atoms with Gasteiger partial charge in [-0.05, 0) is 38.8 Å². The van der Waals surface area contributed by atoms with Crippen LogP contribution >= 0.6 is 0 Å². The molecule has 0 N–H and O–H groups in total. The van der Waals surface area contributed by atoms with Gasteiger partial charge in [-0.2, -0.15) is 4.98 Å². The summed E-state index contributed by atoms with van der Waals surface area (Å²) in [6.07, 6.45) is 3.15. The summed E-state index contributed by atoms with van der Waals surface area (Å²) in [4.78, 5) is 22.3. The SMILES string of the molecule is COCCn1c(=O)c2c(-c3nc(C4CCC(C)(C)O4)no3)ncn2c2ccccc21. The minimum absolute atomic E-state index is 0.184. The van der Waals surface area contributed by atoms with Crippen molar-refractivity contribution in [3.63, 3.8) is 0 Å². The van der Waals surface area contributed by atoms with Crippen molar-refractivity contribution in [3.05, 3.63) is 46.8 Å². The molecule has 156 valence electrons. The third kappa shape index (κ3) is 3.01. The van der Waals surface area contributed by atoms with Gasteiger partial charge in [0.15, 0.2) is 5.69 Å².